The molecule has 3 nitrogen and oxygen atoms in total. The van der Waals surface area contributed by atoms with Crippen molar-refractivity contribution < 1.29 is 4.74 Å². The number of methoxy groups -OCH3 is 1. The molecule has 0 aliphatic rings. The van der Waals surface area contributed by atoms with Crippen molar-refractivity contribution in [3.05, 3.63) is 58.9 Å². The maximum atomic E-state index is 5.71. The molecule has 0 bridgehead atoms. The van der Waals surface area contributed by atoms with Gasteiger partial charge in [-0.1, -0.05) is 29.8 Å². The number of hydrogen-bond acceptors (Lipinski definition) is 3. The third kappa shape index (κ3) is 3.55. The number of nitrogens with two attached hydrogens (primary N) is 1. The molecular weight excluding hydrogens is 236 g/mol. The van der Waals surface area contributed by atoms with E-state index >= 15 is 0 Å². The van der Waals surface area contributed by atoms with Crippen LogP contribution in [-0.4, -0.2) is 12.1 Å². The largest absolute Gasteiger partial charge is 0.495 e. The molecule has 0 amide bonds. The number of hydrogen-bond donors (Lipinski definition) is 1. The fourth-order valence-electron chi connectivity index (χ4n) is 2.04. The van der Waals surface area contributed by atoms with E-state index in [1.54, 1.807) is 13.3 Å². The Bertz CT molecular complexity index is 535. The normalized spacial score (nSPS) is 10.5. The predicted octanol–water partition coefficient (Wildman–Crippen LogP) is 2.64. The van der Waals surface area contributed by atoms with Crippen LogP contribution in [0.15, 0.2) is 36.5 Å². The molecule has 1 heterocycles. The van der Waals surface area contributed by atoms with Crippen LogP contribution >= 0.6 is 0 Å². The molecular formula is C16H20N2O. The topological polar surface area (TPSA) is 48.1 Å². The number of ether oxygens (including phenoxy) is 1. The number of rotatable bonds is 5. The Labute approximate surface area is 114 Å². The van der Waals surface area contributed by atoms with Crippen molar-refractivity contribution in [2.45, 2.75) is 26.3 Å². The Kier molecular flexibility index (Phi) is 4.53. The second-order valence-corrected chi connectivity index (χ2v) is 4.68. The molecule has 0 saturated carbocycles. The minimum absolute atomic E-state index is 0.475. The highest BCUT2D eigenvalue weighted by atomic mass is 16.5. The number of aromatic nitrogens is 1. The van der Waals surface area contributed by atoms with Gasteiger partial charge < -0.3 is 10.5 Å². The molecule has 0 aliphatic heterocycles. The van der Waals surface area contributed by atoms with Gasteiger partial charge >= 0.3 is 0 Å². The maximum absolute atomic E-state index is 5.71. The first-order valence-electron chi connectivity index (χ1n) is 6.50. The van der Waals surface area contributed by atoms with E-state index < -0.39 is 0 Å². The molecule has 2 N–H and O–H groups in total. The fourth-order valence-corrected chi connectivity index (χ4v) is 2.04. The first-order valence-corrected chi connectivity index (χ1v) is 6.50. The molecule has 1 aromatic heterocycles. The quantitative estimate of drug-likeness (QED) is 0.894. The van der Waals surface area contributed by atoms with Crippen molar-refractivity contribution in [1.82, 2.24) is 4.98 Å². The van der Waals surface area contributed by atoms with Crippen LogP contribution in [0.4, 0.5) is 0 Å². The lowest BCUT2D eigenvalue weighted by atomic mass is 10.1. The van der Waals surface area contributed by atoms with Gasteiger partial charge in [0.05, 0.1) is 13.3 Å². The molecule has 3 heteroatoms. The van der Waals surface area contributed by atoms with E-state index in [0.29, 0.717) is 6.54 Å². The van der Waals surface area contributed by atoms with Gasteiger partial charge in [0.1, 0.15) is 5.75 Å². The van der Waals surface area contributed by atoms with Crippen LogP contribution in [0.25, 0.3) is 0 Å². The zero-order chi connectivity index (χ0) is 13.7. The van der Waals surface area contributed by atoms with Crippen LogP contribution in [0, 0.1) is 6.92 Å². The van der Waals surface area contributed by atoms with Crippen LogP contribution in [0.3, 0.4) is 0 Å². The summed E-state index contributed by atoms with van der Waals surface area (Å²) in [6.07, 6.45) is 3.66. The molecule has 0 fully saturated rings. The lowest BCUT2D eigenvalue weighted by Crippen LogP contribution is -2.03. The summed E-state index contributed by atoms with van der Waals surface area (Å²) in [5, 5.41) is 0. The van der Waals surface area contributed by atoms with E-state index in [1.807, 2.05) is 6.07 Å². The molecule has 0 atom stereocenters. The van der Waals surface area contributed by atoms with Gasteiger partial charge in [0.2, 0.25) is 0 Å². The Morgan fingerprint density at radius 2 is 1.89 bits per heavy atom. The van der Waals surface area contributed by atoms with Crippen LogP contribution in [-0.2, 0) is 19.4 Å². The van der Waals surface area contributed by atoms with E-state index in [1.165, 1.54) is 11.1 Å². The lowest BCUT2D eigenvalue weighted by molar-refractivity contribution is 0.407. The second-order valence-electron chi connectivity index (χ2n) is 4.68. The van der Waals surface area contributed by atoms with E-state index in [-0.39, 0.29) is 0 Å². The molecule has 0 aliphatic carbocycles. The Balaban J connectivity index is 2.05. The number of nitrogens with zero attached hydrogens (tertiary/aromatic N) is 1. The third-order valence-corrected chi connectivity index (χ3v) is 3.24. The van der Waals surface area contributed by atoms with E-state index in [2.05, 4.69) is 36.2 Å². The number of benzene rings is 1. The van der Waals surface area contributed by atoms with Gasteiger partial charge in [-0.3, -0.25) is 4.98 Å². The average molecular weight is 256 g/mol. The van der Waals surface area contributed by atoms with E-state index in [9.17, 15) is 0 Å². The third-order valence-electron chi connectivity index (χ3n) is 3.24. The van der Waals surface area contributed by atoms with Crippen molar-refractivity contribution in [2.75, 3.05) is 7.11 Å². The fraction of sp³-hybridized carbons (Fsp3) is 0.312. The van der Waals surface area contributed by atoms with Crippen LogP contribution < -0.4 is 10.5 Å². The molecule has 0 saturated heterocycles. The van der Waals surface area contributed by atoms with Gasteiger partial charge in [0, 0.05) is 17.8 Å². The summed E-state index contributed by atoms with van der Waals surface area (Å²) in [5.41, 5.74) is 10.4. The average Bonchev–Trinajstić information content (AvgIpc) is 2.46. The molecule has 0 spiro atoms. The standard InChI is InChI=1S/C16H20N2O/c1-12-3-5-13(6-4-12)7-8-15-9-14(10-17)16(19-2)11-18-15/h3-6,9,11H,7-8,10,17H2,1-2H3. The summed E-state index contributed by atoms with van der Waals surface area (Å²) in [5.74, 6) is 0.765. The first kappa shape index (κ1) is 13.6. The van der Waals surface area contributed by atoms with Gasteiger partial charge in [-0.2, -0.15) is 0 Å². The van der Waals surface area contributed by atoms with Crippen LogP contribution in [0.1, 0.15) is 22.4 Å². The summed E-state index contributed by atoms with van der Waals surface area (Å²) < 4.78 is 5.22. The summed E-state index contributed by atoms with van der Waals surface area (Å²) >= 11 is 0. The van der Waals surface area contributed by atoms with Crippen molar-refractivity contribution in [3.8, 4) is 5.75 Å². The Morgan fingerprint density at radius 3 is 2.53 bits per heavy atom. The minimum Gasteiger partial charge on any atom is -0.495 e. The highest BCUT2D eigenvalue weighted by Gasteiger charge is 2.04. The summed E-state index contributed by atoms with van der Waals surface area (Å²) in [7, 11) is 1.64. The summed E-state index contributed by atoms with van der Waals surface area (Å²) in [4.78, 5) is 4.41. The molecule has 100 valence electrons. The van der Waals surface area contributed by atoms with Crippen molar-refractivity contribution >= 4 is 0 Å². The van der Waals surface area contributed by atoms with Crippen molar-refractivity contribution in [3.63, 3.8) is 0 Å². The monoisotopic (exact) mass is 256 g/mol. The zero-order valence-electron chi connectivity index (χ0n) is 11.5. The molecule has 0 radical (unpaired) electrons. The Hall–Kier alpha value is -1.87. The summed E-state index contributed by atoms with van der Waals surface area (Å²) in [6, 6.07) is 10.7. The van der Waals surface area contributed by atoms with Crippen molar-refractivity contribution in [1.29, 1.82) is 0 Å². The first-order chi connectivity index (χ1) is 9.22. The van der Waals surface area contributed by atoms with Gasteiger partial charge in [0.25, 0.3) is 0 Å². The zero-order valence-corrected chi connectivity index (χ0v) is 11.5. The maximum Gasteiger partial charge on any atom is 0.141 e. The van der Waals surface area contributed by atoms with E-state index in [0.717, 1.165) is 29.8 Å². The van der Waals surface area contributed by atoms with Crippen LogP contribution in [0.2, 0.25) is 0 Å². The highest BCUT2D eigenvalue weighted by molar-refractivity contribution is 5.32. The predicted molar refractivity (Wildman–Crippen MR) is 77.3 cm³/mol. The molecule has 2 rings (SSSR count). The number of aryl methyl sites for hydroxylation is 3. The lowest BCUT2D eigenvalue weighted by Gasteiger charge is -2.08. The Morgan fingerprint density at radius 1 is 1.16 bits per heavy atom. The summed E-state index contributed by atoms with van der Waals surface area (Å²) in [6.45, 7) is 2.57. The molecule has 19 heavy (non-hydrogen) atoms. The second kappa shape index (κ2) is 6.34. The van der Waals surface area contributed by atoms with E-state index in [4.69, 9.17) is 10.5 Å². The molecule has 2 aromatic rings. The molecule has 0 unspecified atom stereocenters. The van der Waals surface area contributed by atoms with Crippen LogP contribution in [0.5, 0.6) is 5.75 Å². The van der Waals surface area contributed by atoms with Gasteiger partial charge in [-0.25, -0.2) is 0 Å². The van der Waals surface area contributed by atoms with Gasteiger partial charge in [-0.15, -0.1) is 0 Å². The van der Waals surface area contributed by atoms with Gasteiger partial charge in [0.15, 0.2) is 0 Å². The van der Waals surface area contributed by atoms with Gasteiger partial charge in [-0.05, 0) is 31.4 Å². The smallest absolute Gasteiger partial charge is 0.141 e. The SMILES string of the molecule is COc1cnc(CCc2ccc(C)cc2)cc1CN. The van der Waals surface area contributed by atoms with Crippen molar-refractivity contribution in [2.24, 2.45) is 5.73 Å². The molecule has 1 aromatic carbocycles. The highest BCUT2D eigenvalue weighted by Crippen LogP contribution is 2.18. The minimum atomic E-state index is 0.475. The number of pyridine rings is 1.